The number of guanidine groups is 1. The topological polar surface area (TPSA) is 39.7 Å². The Morgan fingerprint density at radius 1 is 1.11 bits per heavy atom. The lowest BCUT2D eigenvalue weighted by Crippen LogP contribution is -2.36. The van der Waals surface area contributed by atoms with Gasteiger partial charge in [-0.15, -0.1) is 24.0 Å². The van der Waals surface area contributed by atoms with Crippen molar-refractivity contribution in [1.82, 2.24) is 15.5 Å². The molecule has 7 heteroatoms. The molecule has 0 spiro atoms. The van der Waals surface area contributed by atoms with Crippen molar-refractivity contribution in [1.29, 1.82) is 0 Å². The average Bonchev–Trinajstić information content (AvgIpc) is 2.60. The summed E-state index contributed by atoms with van der Waals surface area (Å²) in [5.74, 6) is 0.515. The van der Waals surface area contributed by atoms with Crippen LogP contribution >= 0.6 is 35.6 Å². The minimum Gasteiger partial charge on any atom is -0.357 e. The molecule has 0 aromatic heterocycles. The minimum atomic E-state index is -0.185. The molecule has 27 heavy (non-hydrogen) atoms. The summed E-state index contributed by atoms with van der Waals surface area (Å²) in [4.78, 5) is 6.54. The molecule has 2 rings (SSSR count). The Morgan fingerprint density at radius 2 is 1.85 bits per heavy atom. The fraction of sp³-hybridized carbons (Fsp3) is 0.350. The van der Waals surface area contributed by atoms with Gasteiger partial charge in [-0.25, -0.2) is 9.38 Å². The van der Waals surface area contributed by atoms with E-state index in [2.05, 4.69) is 15.6 Å². The molecule has 0 aliphatic heterocycles. The first kappa shape index (κ1) is 23.7. The van der Waals surface area contributed by atoms with Crippen molar-refractivity contribution >= 4 is 41.5 Å². The highest BCUT2D eigenvalue weighted by atomic mass is 127. The molecule has 0 atom stereocenters. The Hall–Kier alpha value is -1.38. The molecule has 4 nitrogen and oxygen atoms in total. The maximum atomic E-state index is 13.9. The Kier molecular flexibility index (Phi) is 10.6. The zero-order chi connectivity index (χ0) is 18.9. The van der Waals surface area contributed by atoms with Gasteiger partial charge in [0.25, 0.3) is 0 Å². The largest absolute Gasteiger partial charge is 0.357 e. The van der Waals surface area contributed by atoms with Gasteiger partial charge in [-0.3, -0.25) is 0 Å². The van der Waals surface area contributed by atoms with Crippen LogP contribution in [0.2, 0.25) is 5.02 Å². The first-order valence-electron chi connectivity index (χ1n) is 8.67. The number of hydrogen-bond donors (Lipinski definition) is 2. The van der Waals surface area contributed by atoms with Gasteiger partial charge >= 0.3 is 0 Å². The fourth-order valence-corrected chi connectivity index (χ4v) is 2.72. The van der Waals surface area contributed by atoms with Crippen molar-refractivity contribution in [3.05, 3.63) is 70.0 Å². The number of halogens is 3. The lowest BCUT2D eigenvalue weighted by molar-refractivity contribution is 0.392. The summed E-state index contributed by atoms with van der Waals surface area (Å²) in [6.07, 6.45) is 0. The second kappa shape index (κ2) is 12.2. The first-order valence-corrected chi connectivity index (χ1v) is 9.05. The quantitative estimate of drug-likeness (QED) is 0.333. The van der Waals surface area contributed by atoms with Crippen LogP contribution < -0.4 is 10.6 Å². The lowest BCUT2D eigenvalue weighted by atomic mass is 10.1. The first-order chi connectivity index (χ1) is 12.5. The zero-order valence-electron chi connectivity index (χ0n) is 15.9. The van der Waals surface area contributed by atoms with Gasteiger partial charge in [0.1, 0.15) is 5.82 Å². The van der Waals surface area contributed by atoms with Crippen molar-refractivity contribution in [2.75, 3.05) is 20.6 Å². The Balaban J connectivity index is 0.00000364. The maximum Gasteiger partial charge on any atom is 0.191 e. The van der Waals surface area contributed by atoms with E-state index in [1.807, 2.05) is 56.3 Å². The molecule has 0 fully saturated rings. The molecular formula is C20H27ClFIN4. The van der Waals surface area contributed by atoms with E-state index in [9.17, 15) is 4.39 Å². The van der Waals surface area contributed by atoms with Crippen LogP contribution in [0.1, 0.15) is 23.6 Å². The van der Waals surface area contributed by atoms with Crippen LogP contribution in [0.25, 0.3) is 0 Å². The van der Waals surface area contributed by atoms with Crippen LogP contribution in [0.15, 0.2) is 47.5 Å². The fourth-order valence-electron chi connectivity index (χ4n) is 2.52. The number of rotatable bonds is 7. The van der Waals surface area contributed by atoms with Crippen LogP contribution in [0, 0.1) is 5.82 Å². The van der Waals surface area contributed by atoms with Crippen LogP contribution in [-0.4, -0.2) is 31.5 Å². The summed E-state index contributed by atoms with van der Waals surface area (Å²) in [5, 5.41) is 7.22. The van der Waals surface area contributed by atoms with Crippen molar-refractivity contribution in [2.24, 2.45) is 4.99 Å². The molecule has 0 unspecified atom stereocenters. The average molecular weight is 505 g/mol. The number of nitrogens with one attached hydrogen (secondary N) is 2. The lowest BCUT2D eigenvalue weighted by Gasteiger charge is -2.13. The van der Waals surface area contributed by atoms with E-state index in [4.69, 9.17) is 11.6 Å². The van der Waals surface area contributed by atoms with Crippen molar-refractivity contribution in [2.45, 2.75) is 26.6 Å². The Morgan fingerprint density at radius 3 is 2.52 bits per heavy atom. The third-order valence-electron chi connectivity index (χ3n) is 3.76. The standard InChI is InChI=1S/C20H26ClFN4.HI/c1-4-23-20(25-13-16-7-5-6-8-18(16)21)24-12-15-9-10-19(22)17(11-15)14-26(2)3;/h5-11H,4,12-14H2,1-3H3,(H2,23,24,25);1H. The minimum absolute atomic E-state index is 0. The van der Waals surface area contributed by atoms with E-state index in [0.717, 1.165) is 22.7 Å². The van der Waals surface area contributed by atoms with Crippen molar-refractivity contribution in [3.63, 3.8) is 0 Å². The van der Waals surface area contributed by atoms with E-state index >= 15 is 0 Å². The number of hydrogen-bond acceptors (Lipinski definition) is 2. The number of aliphatic imine (C=N–C) groups is 1. The van der Waals surface area contributed by atoms with Crippen molar-refractivity contribution in [3.8, 4) is 0 Å². The highest BCUT2D eigenvalue weighted by molar-refractivity contribution is 14.0. The van der Waals surface area contributed by atoms with Gasteiger partial charge in [-0.05, 0) is 50.3 Å². The van der Waals surface area contributed by atoms with Crippen LogP contribution in [0.3, 0.4) is 0 Å². The highest BCUT2D eigenvalue weighted by Gasteiger charge is 2.06. The van der Waals surface area contributed by atoms with Gasteiger partial charge in [0, 0.05) is 30.2 Å². The third kappa shape index (κ3) is 8.02. The molecule has 2 aromatic carbocycles. The maximum absolute atomic E-state index is 13.9. The third-order valence-corrected chi connectivity index (χ3v) is 4.13. The molecule has 2 aromatic rings. The molecule has 0 bridgehead atoms. The molecule has 148 valence electrons. The molecule has 0 aliphatic rings. The summed E-state index contributed by atoms with van der Waals surface area (Å²) in [5.41, 5.74) is 2.66. The van der Waals surface area contributed by atoms with E-state index in [-0.39, 0.29) is 29.8 Å². The second-order valence-corrected chi connectivity index (χ2v) is 6.71. The number of benzene rings is 2. The summed E-state index contributed by atoms with van der Waals surface area (Å²) in [7, 11) is 3.85. The van der Waals surface area contributed by atoms with E-state index < -0.39 is 0 Å². The molecule has 0 aliphatic carbocycles. The van der Waals surface area contributed by atoms with Crippen LogP contribution in [0.5, 0.6) is 0 Å². The number of nitrogens with zero attached hydrogens (tertiary/aromatic N) is 2. The highest BCUT2D eigenvalue weighted by Crippen LogP contribution is 2.15. The van der Waals surface area contributed by atoms with Gasteiger partial charge in [0.15, 0.2) is 5.96 Å². The van der Waals surface area contributed by atoms with Gasteiger partial charge in [0.05, 0.1) is 6.54 Å². The van der Waals surface area contributed by atoms with Gasteiger partial charge < -0.3 is 15.5 Å². The summed E-state index contributed by atoms with van der Waals surface area (Å²) < 4.78 is 13.9. The zero-order valence-corrected chi connectivity index (χ0v) is 19.0. The Bertz CT molecular complexity index is 753. The van der Waals surface area contributed by atoms with Crippen LogP contribution in [0.4, 0.5) is 4.39 Å². The van der Waals surface area contributed by atoms with Gasteiger partial charge in [0.2, 0.25) is 0 Å². The van der Waals surface area contributed by atoms with Gasteiger partial charge in [-0.2, -0.15) is 0 Å². The van der Waals surface area contributed by atoms with Crippen LogP contribution in [-0.2, 0) is 19.6 Å². The summed E-state index contributed by atoms with van der Waals surface area (Å²) in [6.45, 7) is 4.39. The summed E-state index contributed by atoms with van der Waals surface area (Å²) >= 11 is 6.19. The summed E-state index contributed by atoms with van der Waals surface area (Å²) in [6, 6.07) is 12.9. The molecule has 0 amide bonds. The normalized spacial score (nSPS) is 11.3. The molecule has 2 N–H and O–H groups in total. The molecule has 0 saturated heterocycles. The van der Waals surface area contributed by atoms with E-state index in [0.29, 0.717) is 31.2 Å². The Labute approximate surface area is 183 Å². The van der Waals surface area contributed by atoms with E-state index in [1.165, 1.54) is 6.07 Å². The molecule has 0 heterocycles. The molecule has 0 saturated carbocycles. The smallest absolute Gasteiger partial charge is 0.191 e. The second-order valence-electron chi connectivity index (χ2n) is 6.30. The van der Waals surface area contributed by atoms with Gasteiger partial charge in [-0.1, -0.05) is 35.9 Å². The predicted octanol–water partition coefficient (Wildman–Crippen LogP) is 4.41. The van der Waals surface area contributed by atoms with Crippen molar-refractivity contribution < 1.29 is 4.39 Å². The predicted molar refractivity (Wildman–Crippen MR) is 122 cm³/mol. The monoisotopic (exact) mass is 504 g/mol. The molecule has 0 radical (unpaired) electrons. The molecular weight excluding hydrogens is 478 g/mol. The van der Waals surface area contributed by atoms with E-state index in [1.54, 1.807) is 6.07 Å². The SMILES string of the molecule is CCNC(=NCc1ccc(F)c(CN(C)C)c1)NCc1ccccc1Cl.I.